The van der Waals surface area contributed by atoms with E-state index in [1.54, 1.807) is 4.90 Å². The van der Waals surface area contributed by atoms with Crippen LogP contribution in [-0.2, 0) is 9.59 Å². The summed E-state index contributed by atoms with van der Waals surface area (Å²) in [6.45, 7) is 3.77. The van der Waals surface area contributed by atoms with Crippen molar-refractivity contribution in [1.29, 1.82) is 0 Å². The van der Waals surface area contributed by atoms with E-state index in [2.05, 4.69) is 10.6 Å². The average molecular weight is 299 g/mol. The summed E-state index contributed by atoms with van der Waals surface area (Å²) in [6.07, 6.45) is 3.42. The van der Waals surface area contributed by atoms with Crippen LogP contribution in [0.25, 0.3) is 0 Å². The van der Waals surface area contributed by atoms with Gasteiger partial charge in [-0.05, 0) is 31.6 Å². The summed E-state index contributed by atoms with van der Waals surface area (Å²) in [4.78, 5) is 35.7. The summed E-state index contributed by atoms with van der Waals surface area (Å²) in [5, 5.41) is 14.0. The number of carboxylic acid groups (broad SMARTS) is 1. The first kappa shape index (κ1) is 17.3. The zero-order valence-corrected chi connectivity index (χ0v) is 12.6. The molecule has 1 rings (SSSR count). The Hall–Kier alpha value is -1.79. The van der Waals surface area contributed by atoms with Crippen molar-refractivity contribution in [1.82, 2.24) is 15.5 Å². The summed E-state index contributed by atoms with van der Waals surface area (Å²) in [7, 11) is 0. The molecule has 0 bridgehead atoms. The van der Waals surface area contributed by atoms with Gasteiger partial charge in [0.25, 0.3) is 0 Å². The number of hydrogen-bond acceptors (Lipinski definition) is 3. The second-order valence-corrected chi connectivity index (χ2v) is 5.40. The standard InChI is InChI=1S/C14H25N3O4/c1-2-7-15-12(18)9-16-14(21)17-8-3-4-11(10-17)5-6-13(19)20/h11H,2-10H2,1H3,(H,15,18)(H,16,21)(H,19,20). The van der Waals surface area contributed by atoms with Gasteiger partial charge in [0.05, 0.1) is 6.54 Å². The van der Waals surface area contributed by atoms with E-state index in [9.17, 15) is 14.4 Å². The highest BCUT2D eigenvalue weighted by Gasteiger charge is 2.24. The molecule has 7 heteroatoms. The molecule has 0 aromatic rings. The van der Waals surface area contributed by atoms with Crippen molar-refractivity contribution in [3.8, 4) is 0 Å². The van der Waals surface area contributed by atoms with Gasteiger partial charge in [0.15, 0.2) is 0 Å². The Morgan fingerprint density at radius 1 is 1.29 bits per heavy atom. The molecular weight excluding hydrogens is 274 g/mol. The van der Waals surface area contributed by atoms with E-state index in [0.29, 0.717) is 26.1 Å². The van der Waals surface area contributed by atoms with Gasteiger partial charge in [-0.2, -0.15) is 0 Å². The predicted molar refractivity (Wildman–Crippen MR) is 77.9 cm³/mol. The maximum absolute atomic E-state index is 12.0. The molecule has 1 atom stereocenters. The Balaban J connectivity index is 2.29. The minimum absolute atomic E-state index is 0.0187. The molecule has 120 valence electrons. The fraction of sp³-hybridized carbons (Fsp3) is 0.786. The highest BCUT2D eigenvalue weighted by Crippen LogP contribution is 2.20. The topological polar surface area (TPSA) is 98.7 Å². The minimum Gasteiger partial charge on any atom is -0.481 e. The molecule has 0 spiro atoms. The van der Waals surface area contributed by atoms with Crippen LogP contribution in [0, 0.1) is 5.92 Å². The lowest BCUT2D eigenvalue weighted by Gasteiger charge is -2.32. The SMILES string of the molecule is CCCNC(=O)CNC(=O)N1CCCC(CCC(=O)O)C1. The molecule has 0 aromatic heterocycles. The summed E-state index contributed by atoms with van der Waals surface area (Å²) in [5.74, 6) is -0.761. The third-order valence-electron chi connectivity index (χ3n) is 3.54. The number of likely N-dealkylation sites (tertiary alicyclic amines) is 1. The third kappa shape index (κ3) is 6.97. The quantitative estimate of drug-likeness (QED) is 0.647. The number of carbonyl (C=O) groups is 3. The van der Waals surface area contributed by atoms with Gasteiger partial charge in [-0.15, -0.1) is 0 Å². The molecule has 0 aromatic carbocycles. The van der Waals surface area contributed by atoms with Crippen molar-refractivity contribution in [3.63, 3.8) is 0 Å². The molecule has 1 saturated heterocycles. The maximum Gasteiger partial charge on any atom is 0.317 e. The average Bonchev–Trinajstić information content (AvgIpc) is 2.48. The Morgan fingerprint density at radius 3 is 2.71 bits per heavy atom. The smallest absolute Gasteiger partial charge is 0.317 e. The predicted octanol–water partition coefficient (Wildman–Crippen LogP) is 0.799. The Labute approximate surface area is 125 Å². The van der Waals surface area contributed by atoms with Crippen molar-refractivity contribution in [2.24, 2.45) is 5.92 Å². The number of nitrogens with one attached hydrogen (secondary N) is 2. The first-order valence-electron chi connectivity index (χ1n) is 7.54. The molecule has 0 aliphatic carbocycles. The fourth-order valence-electron chi connectivity index (χ4n) is 2.41. The van der Waals surface area contributed by atoms with Gasteiger partial charge in [0.2, 0.25) is 5.91 Å². The summed E-state index contributed by atoms with van der Waals surface area (Å²) < 4.78 is 0. The van der Waals surface area contributed by atoms with Gasteiger partial charge >= 0.3 is 12.0 Å². The molecular formula is C14H25N3O4. The van der Waals surface area contributed by atoms with E-state index in [0.717, 1.165) is 19.3 Å². The van der Waals surface area contributed by atoms with Crippen LogP contribution < -0.4 is 10.6 Å². The molecule has 1 unspecified atom stereocenters. The van der Waals surface area contributed by atoms with Crippen LogP contribution in [0.2, 0.25) is 0 Å². The lowest BCUT2D eigenvalue weighted by atomic mass is 9.93. The molecule has 1 aliphatic heterocycles. The van der Waals surface area contributed by atoms with Crippen LogP contribution in [0.15, 0.2) is 0 Å². The number of hydrogen-bond donors (Lipinski definition) is 3. The maximum atomic E-state index is 12.0. The summed E-state index contributed by atoms with van der Waals surface area (Å²) in [6, 6.07) is -0.248. The number of rotatable bonds is 7. The number of carbonyl (C=O) groups excluding carboxylic acids is 2. The number of urea groups is 1. The first-order valence-corrected chi connectivity index (χ1v) is 7.54. The van der Waals surface area contributed by atoms with Crippen molar-refractivity contribution in [2.45, 2.75) is 39.0 Å². The van der Waals surface area contributed by atoms with E-state index in [-0.39, 0.29) is 30.8 Å². The van der Waals surface area contributed by atoms with Gasteiger partial charge in [-0.3, -0.25) is 9.59 Å². The van der Waals surface area contributed by atoms with Crippen LogP contribution in [-0.4, -0.2) is 54.1 Å². The lowest BCUT2D eigenvalue weighted by molar-refractivity contribution is -0.137. The Bertz CT molecular complexity index is 373. The summed E-state index contributed by atoms with van der Waals surface area (Å²) in [5.41, 5.74) is 0. The van der Waals surface area contributed by atoms with Gasteiger partial charge in [-0.25, -0.2) is 4.79 Å². The zero-order chi connectivity index (χ0) is 15.7. The van der Waals surface area contributed by atoms with E-state index >= 15 is 0 Å². The number of aliphatic carboxylic acids is 1. The lowest BCUT2D eigenvalue weighted by Crippen LogP contribution is -2.48. The Kier molecular flexibility index (Phi) is 7.56. The van der Waals surface area contributed by atoms with E-state index in [1.807, 2.05) is 6.92 Å². The Morgan fingerprint density at radius 2 is 2.05 bits per heavy atom. The molecule has 7 nitrogen and oxygen atoms in total. The molecule has 0 saturated carbocycles. The van der Waals surface area contributed by atoms with Gasteiger partial charge in [-0.1, -0.05) is 6.92 Å². The second kappa shape index (κ2) is 9.20. The van der Waals surface area contributed by atoms with E-state index < -0.39 is 5.97 Å². The normalized spacial score (nSPS) is 18.1. The highest BCUT2D eigenvalue weighted by atomic mass is 16.4. The minimum atomic E-state index is -0.802. The van der Waals surface area contributed by atoms with Crippen LogP contribution >= 0.6 is 0 Å². The zero-order valence-electron chi connectivity index (χ0n) is 12.6. The van der Waals surface area contributed by atoms with Gasteiger partial charge in [0.1, 0.15) is 0 Å². The van der Waals surface area contributed by atoms with E-state index in [4.69, 9.17) is 5.11 Å². The van der Waals surface area contributed by atoms with Crippen molar-refractivity contribution in [3.05, 3.63) is 0 Å². The fourth-order valence-corrected chi connectivity index (χ4v) is 2.41. The number of carboxylic acids is 1. The van der Waals surface area contributed by atoms with Crippen molar-refractivity contribution in [2.75, 3.05) is 26.2 Å². The van der Waals surface area contributed by atoms with Gasteiger partial charge < -0.3 is 20.6 Å². The van der Waals surface area contributed by atoms with E-state index in [1.165, 1.54) is 0 Å². The first-order chi connectivity index (χ1) is 10.0. The van der Waals surface area contributed by atoms with Crippen LogP contribution in [0.4, 0.5) is 4.79 Å². The van der Waals surface area contributed by atoms with Crippen LogP contribution in [0.5, 0.6) is 0 Å². The largest absolute Gasteiger partial charge is 0.481 e. The summed E-state index contributed by atoms with van der Waals surface area (Å²) >= 11 is 0. The molecule has 3 amide bonds. The number of piperidine rings is 1. The van der Waals surface area contributed by atoms with Crippen LogP contribution in [0.3, 0.4) is 0 Å². The van der Waals surface area contributed by atoms with Gasteiger partial charge in [0, 0.05) is 26.1 Å². The van der Waals surface area contributed by atoms with Crippen LogP contribution in [0.1, 0.15) is 39.0 Å². The number of amides is 3. The second-order valence-electron chi connectivity index (χ2n) is 5.40. The monoisotopic (exact) mass is 299 g/mol. The molecule has 3 N–H and O–H groups in total. The number of nitrogens with zero attached hydrogens (tertiary/aromatic N) is 1. The highest BCUT2D eigenvalue weighted by molar-refractivity contribution is 5.83. The molecule has 1 aliphatic rings. The molecule has 0 radical (unpaired) electrons. The molecule has 21 heavy (non-hydrogen) atoms. The molecule has 1 fully saturated rings. The molecule has 1 heterocycles. The third-order valence-corrected chi connectivity index (χ3v) is 3.54. The van der Waals surface area contributed by atoms with Crippen molar-refractivity contribution < 1.29 is 19.5 Å². The van der Waals surface area contributed by atoms with Crippen molar-refractivity contribution >= 4 is 17.9 Å².